The summed E-state index contributed by atoms with van der Waals surface area (Å²) in [4.78, 5) is 25.3. The van der Waals surface area contributed by atoms with Crippen molar-refractivity contribution >= 4 is 24.2 Å². The standard InChI is InChI=1S/C17H25N3O3.ClH/c1-19-11-13-4-3-8-20(12-13)16(21)7-9-23-15-6-2-5-14(10-15)17(18)22;/h2,5-6,10,13,19H,3-4,7-9,11-12H2,1H3,(H2,18,22);1H. The van der Waals surface area contributed by atoms with Crippen LogP contribution in [0.2, 0.25) is 0 Å². The molecule has 2 amide bonds. The third-order valence-corrected chi connectivity index (χ3v) is 4.07. The number of likely N-dealkylation sites (tertiary alicyclic amines) is 1. The molecule has 0 aliphatic carbocycles. The van der Waals surface area contributed by atoms with Crippen LogP contribution in [0.3, 0.4) is 0 Å². The second kappa shape index (κ2) is 10.2. The molecule has 0 saturated carbocycles. The molecule has 1 aliphatic rings. The molecule has 1 fully saturated rings. The lowest BCUT2D eigenvalue weighted by molar-refractivity contribution is -0.133. The zero-order valence-corrected chi connectivity index (χ0v) is 14.8. The van der Waals surface area contributed by atoms with Crippen LogP contribution in [-0.2, 0) is 4.79 Å². The molecule has 1 aliphatic heterocycles. The normalized spacial score (nSPS) is 17.0. The third-order valence-electron chi connectivity index (χ3n) is 4.07. The minimum atomic E-state index is -0.490. The summed E-state index contributed by atoms with van der Waals surface area (Å²) < 4.78 is 5.57. The van der Waals surface area contributed by atoms with Gasteiger partial charge in [-0.2, -0.15) is 0 Å². The largest absolute Gasteiger partial charge is 0.493 e. The van der Waals surface area contributed by atoms with Crippen LogP contribution in [0.1, 0.15) is 29.6 Å². The van der Waals surface area contributed by atoms with Crippen LogP contribution in [0.5, 0.6) is 5.75 Å². The molecule has 0 bridgehead atoms. The first kappa shape index (κ1) is 20.3. The molecule has 1 aromatic carbocycles. The van der Waals surface area contributed by atoms with Crippen LogP contribution in [0.25, 0.3) is 0 Å². The Kier molecular flexibility index (Phi) is 8.57. The van der Waals surface area contributed by atoms with Crippen molar-refractivity contribution in [2.45, 2.75) is 19.3 Å². The van der Waals surface area contributed by atoms with E-state index in [1.165, 1.54) is 6.42 Å². The van der Waals surface area contributed by atoms with Gasteiger partial charge in [-0.25, -0.2) is 0 Å². The predicted octanol–water partition coefficient (Wildman–Crippen LogP) is 1.43. The highest BCUT2D eigenvalue weighted by Gasteiger charge is 2.22. The van der Waals surface area contributed by atoms with Gasteiger partial charge >= 0.3 is 0 Å². The summed E-state index contributed by atoms with van der Waals surface area (Å²) in [5.74, 6) is 0.721. The van der Waals surface area contributed by atoms with Crippen molar-refractivity contribution in [2.24, 2.45) is 11.7 Å². The fourth-order valence-electron chi connectivity index (χ4n) is 2.90. The molecule has 1 saturated heterocycles. The first-order valence-corrected chi connectivity index (χ1v) is 8.05. The Morgan fingerprint density at radius 2 is 2.21 bits per heavy atom. The number of amides is 2. The number of benzene rings is 1. The fourth-order valence-corrected chi connectivity index (χ4v) is 2.90. The number of hydrogen-bond donors (Lipinski definition) is 2. The van der Waals surface area contributed by atoms with Crippen molar-refractivity contribution < 1.29 is 14.3 Å². The van der Waals surface area contributed by atoms with E-state index in [0.717, 1.165) is 26.1 Å². The van der Waals surface area contributed by atoms with E-state index in [4.69, 9.17) is 10.5 Å². The maximum Gasteiger partial charge on any atom is 0.248 e. The Labute approximate surface area is 149 Å². The van der Waals surface area contributed by atoms with Gasteiger partial charge in [0.25, 0.3) is 0 Å². The monoisotopic (exact) mass is 355 g/mol. The summed E-state index contributed by atoms with van der Waals surface area (Å²) in [6.45, 7) is 2.89. The maximum atomic E-state index is 12.3. The predicted molar refractivity (Wildman–Crippen MR) is 95.6 cm³/mol. The molecular weight excluding hydrogens is 330 g/mol. The Hall–Kier alpha value is -1.79. The average molecular weight is 356 g/mol. The van der Waals surface area contributed by atoms with E-state index >= 15 is 0 Å². The van der Waals surface area contributed by atoms with Crippen LogP contribution >= 0.6 is 12.4 Å². The number of nitrogens with one attached hydrogen (secondary N) is 1. The lowest BCUT2D eigenvalue weighted by atomic mass is 9.98. The number of nitrogens with zero attached hydrogens (tertiary/aromatic N) is 1. The Bertz CT molecular complexity index is 552. The van der Waals surface area contributed by atoms with Gasteiger partial charge in [0.2, 0.25) is 11.8 Å². The van der Waals surface area contributed by atoms with Gasteiger partial charge in [0.15, 0.2) is 0 Å². The van der Waals surface area contributed by atoms with Gasteiger partial charge in [0, 0.05) is 18.7 Å². The molecule has 0 aromatic heterocycles. The van der Waals surface area contributed by atoms with Crippen LogP contribution in [0, 0.1) is 5.92 Å². The molecule has 3 N–H and O–H groups in total. The molecular formula is C17H26ClN3O3. The van der Waals surface area contributed by atoms with Crippen LogP contribution in [0.4, 0.5) is 0 Å². The number of nitrogens with two attached hydrogens (primary N) is 1. The molecule has 1 atom stereocenters. The summed E-state index contributed by atoms with van der Waals surface area (Å²) >= 11 is 0. The van der Waals surface area contributed by atoms with E-state index < -0.39 is 5.91 Å². The van der Waals surface area contributed by atoms with Crippen LogP contribution in [0.15, 0.2) is 24.3 Å². The van der Waals surface area contributed by atoms with Gasteiger partial charge in [0.05, 0.1) is 13.0 Å². The van der Waals surface area contributed by atoms with Crippen molar-refractivity contribution in [3.63, 3.8) is 0 Å². The first-order chi connectivity index (χ1) is 11.1. The number of primary amides is 1. The van der Waals surface area contributed by atoms with Gasteiger partial charge in [-0.3, -0.25) is 9.59 Å². The molecule has 1 heterocycles. The molecule has 1 unspecified atom stereocenters. The highest BCUT2D eigenvalue weighted by Crippen LogP contribution is 2.17. The maximum absolute atomic E-state index is 12.3. The molecule has 2 rings (SSSR count). The van der Waals surface area contributed by atoms with E-state index in [1.54, 1.807) is 24.3 Å². The lowest BCUT2D eigenvalue weighted by Gasteiger charge is -2.32. The summed E-state index contributed by atoms with van der Waals surface area (Å²) in [5, 5.41) is 3.18. The quantitative estimate of drug-likeness (QED) is 0.775. The minimum absolute atomic E-state index is 0. The Balaban J connectivity index is 0.00000288. The zero-order chi connectivity index (χ0) is 16.7. The number of carbonyl (C=O) groups is 2. The molecule has 1 aromatic rings. The highest BCUT2D eigenvalue weighted by molar-refractivity contribution is 5.93. The van der Waals surface area contributed by atoms with Crippen molar-refractivity contribution in [2.75, 3.05) is 33.3 Å². The summed E-state index contributed by atoms with van der Waals surface area (Å²) in [6.07, 6.45) is 2.56. The SMILES string of the molecule is CNCC1CCCN(C(=O)CCOc2cccc(C(N)=O)c2)C1.Cl. The number of carbonyl (C=O) groups excluding carboxylic acids is 2. The molecule has 7 heteroatoms. The van der Waals surface area contributed by atoms with Gasteiger partial charge in [-0.15, -0.1) is 12.4 Å². The van der Waals surface area contributed by atoms with E-state index in [2.05, 4.69) is 5.32 Å². The summed E-state index contributed by atoms with van der Waals surface area (Å²) in [5.41, 5.74) is 5.64. The van der Waals surface area contributed by atoms with E-state index in [1.807, 2.05) is 11.9 Å². The number of piperidine rings is 1. The Morgan fingerprint density at radius 1 is 1.42 bits per heavy atom. The van der Waals surface area contributed by atoms with E-state index in [-0.39, 0.29) is 18.3 Å². The highest BCUT2D eigenvalue weighted by atomic mass is 35.5. The summed E-state index contributed by atoms with van der Waals surface area (Å²) in [6, 6.07) is 6.69. The second-order valence-electron chi connectivity index (χ2n) is 5.90. The van der Waals surface area contributed by atoms with E-state index in [9.17, 15) is 9.59 Å². The van der Waals surface area contributed by atoms with Crippen LogP contribution < -0.4 is 15.8 Å². The van der Waals surface area contributed by atoms with Crippen molar-refractivity contribution in [3.05, 3.63) is 29.8 Å². The number of halogens is 1. The lowest BCUT2D eigenvalue weighted by Crippen LogP contribution is -2.42. The molecule has 6 nitrogen and oxygen atoms in total. The molecule has 0 spiro atoms. The van der Waals surface area contributed by atoms with Gasteiger partial charge in [0.1, 0.15) is 5.75 Å². The average Bonchev–Trinajstić information content (AvgIpc) is 2.55. The topological polar surface area (TPSA) is 84.7 Å². The second-order valence-corrected chi connectivity index (χ2v) is 5.90. The minimum Gasteiger partial charge on any atom is -0.493 e. The fraction of sp³-hybridized carbons (Fsp3) is 0.529. The summed E-state index contributed by atoms with van der Waals surface area (Å²) in [7, 11) is 1.94. The molecule has 0 radical (unpaired) electrons. The third kappa shape index (κ3) is 6.02. The van der Waals surface area contributed by atoms with E-state index in [0.29, 0.717) is 30.3 Å². The van der Waals surface area contributed by atoms with Crippen molar-refractivity contribution in [1.82, 2.24) is 10.2 Å². The molecule has 134 valence electrons. The first-order valence-electron chi connectivity index (χ1n) is 8.05. The van der Waals surface area contributed by atoms with Gasteiger partial charge < -0.3 is 20.7 Å². The zero-order valence-electron chi connectivity index (χ0n) is 14.0. The number of rotatable bonds is 7. The smallest absolute Gasteiger partial charge is 0.248 e. The van der Waals surface area contributed by atoms with Crippen molar-refractivity contribution in [1.29, 1.82) is 0 Å². The molecule has 24 heavy (non-hydrogen) atoms. The van der Waals surface area contributed by atoms with Gasteiger partial charge in [-0.1, -0.05) is 6.07 Å². The number of ether oxygens (including phenoxy) is 1. The Morgan fingerprint density at radius 3 is 2.92 bits per heavy atom. The van der Waals surface area contributed by atoms with Gasteiger partial charge in [-0.05, 0) is 50.6 Å². The number of hydrogen-bond acceptors (Lipinski definition) is 4. The van der Waals surface area contributed by atoms with Crippen LogP contribution in [-0.4, -0.2) is 50.0 Å². The van der Waals surface area contributed by atoms with Crippen molar-refractivity contribution in [3.8, 4) is 5.75 Å².